The highest BCUT2D eigenvalue weighted by atomic mass is 16.3. The fraction of sp³-hybridized carbons (Fsp3) is 0. The minimum atomic E-state index is 0.882. The molecule has 0 saturated carbocycles. The molecule has 8 aromatic carbocycles. The van der Waals surface area contributed by atoms with Crippen LogP contribution in [0.4, 0.5) is 0 Å². The Kier molecular flexibility index (Phi) is 9.18. The molecule has 0 spiro atoms. The fourth-order valence-corrected chi connectivity index (χ4v) is 8.41. The summed E-state index contributed by atoms with van der Waals surface area (Å²) in [6.45, 7) is 0. The van der Waals surface area contributed by atoms with Crippen molar-refractivity contribution < 1.29 is 4.42 Å². The van der Waals surface area contributed by atoms with E-state index in [-0.39, 0.29) is 0 Å². The lowest BCUT2D eigenvalue weighted by Gasteiger charge is -2.13. The normalized spacial score (nSPS) is 11.3. The van der Waals surface area contributed by atoms with E-state index in [1.165, 1.54) is 0 Å². The summed E-state index contributed by atoms with van der Waals surface area (Å²) in [5.41, 5.74) is 19.2. The molecule has 3 nitrogen and oxygen atoms in total. The number of hydrogen-bond donors (Lipinski definition) is 0. The molecule has 0 N–H and O–H groups in total. The van der Waals surface area contributed by atoms with Gasteiger partial charge < -0.3 is 4.42 Å². The number of pyridine rings is 2. The van der Waals surface area contributed by atoms with Crippen molar-refractivity contribution in [1.82, 2.24) is 9.97 Å². The monoisotopic (exact) mass is 778 g/mol. The first kappa shape index (κ1) is 36.0. The summed E-state index contributed by atoms with van der Waals surface area (Å²) in [4.78, 5) is 9.58. The molecule has 0 aliphatic rings. The molecule has 0 radical (unpaired) electrons. The molecule has 0 aliphatic carbocycles. The van der Waals surface area contributed by atoms with Gasteiger partial charge in [0.05, 0.1) is 11.4 Å². The van der Waals surface area contributed by atoms with E-state index in [0.29, 0.717) is 0 Å². The Hall–Kier alpha value is -8.14. The van der Waals surface area contributed by atoms with Crippen LogP contribution in [0.3, 0.4) is 0 Å². The Bertz CT molecular complexity index is 3140. The molecule has 11 rings (SSSR count). The van der Waals surface area contributed by atoms with Crippen LogP contribution in [0.2, 0.25) is 0 Å². The van der Waals surface area contributed by atoms with E-state index in [9.17, 15) is 0 Å². The van der Waals surface area contributed by atoms with Gasteiger partial charge in [-0.25, -0.2) is 0 Å². The Labute approximate surface area is 354 Å². The number of benzene rings is 8. The molecule has 0 aliphatic heterocycles. The standard InChI is InChI=1S/C58H38N2O/c1-4-12-43(13-5-1)51-18-10-20-53-54-21-11-19-52(58(54)61-57(51)53)50-35-48(41-26-22-39(23-27-41)46-30-32-55(59-37-46)44-14-6-2-7-15-44)34-49(36-50)42-28-24-40(25-29-42)47-31-33-56(60-38-47)45-16-8-3-9-17-45/h1-38H. The van der Waals surface area contributed by atoms with Gasteiger partial charge in [0.1, 0.15) is 11.2 Å². The lowest BCUT2D eigenvalue weighted by molar-refractivity contribution is 0.671. The van der Waals surface area contributed by atoms with Gasteiger partial charge in [0.2, 0.25) is 0 Å². The maximum Gasteiger partial charge on any atom is 0.143 e. The molecular formula is C58H38N2O. The van der Waals surface area contributed by atoms with Crippen LogP contribution >= 0.6 is 0 Å². The molecule has 61 heavy (non-hydrogen) atoms. The number of furan rings is 1. The van der Waals surface area contributed by atoms with Crippen molar-refractivity contribution >= 4 is 21.9 Å². The molecule has 3 heterocycles. The number of nitrogens with zero attached hydrogens (tertiary/aromatic N) is 2. The quantitative estimate of drug-likeness (QED) is 0.154. The second-order valence-corrected chi connectivity index (χ2v) is 15.4. The van der Waals surface area contributed by atoms with Gasteiger partial charge in [0, 0.05) is 56.5 Å². The van der Waals surface area contributed by atoms with E-state index < -0.39 is 0 Å². The lowest BCUT2D eigenvalue weighted by atomic mass is 9.91. The Balaban J connectivity index is 0.991. The van der Waals surface area contributed by atoms with Crippen LogP contribution in [0.5, 0.6) is 0 Å². The second-order valence-electron chi connectivity index (χ2n) is 15.4. The van der Waals surface area contributed by atoms with Crippen molar-refractivity contribution in [3.05, 3.63) is 231 Å². The molecule has 11 aromatic rings. The van der Waals surface area contributed by atoms with Gasteiger partial charge in [-0.15, -0.1) is 0 Å². The predicted octanol–water partition coefficient (Wildman–Crippen LogP) is 15.7. The zero-order valence-corrected chi connectivity index (χ0v) is 33.2. The van der Waals surface area contributed by atoms with Crippen molar-refractivity contribution in [3.8, 4) is 89.3 Å². The first-order valence-electron chi connectivity index (χ1n) is 20.6. The van der Waals surface area contributed by atoms with Gasteiger partial charge in [0.25, 0.3) is 0 Å². The van der Waals surface area contributed by atoms with Crippen LogP contribution in [0.1, 0.15) is 0 Å². The third-order valence-corrected chi connectivity index (χ3v) is 11.6. The second kappa shape index (κ2) is 15.6. The molecule has 0 saturated heterocycles. The smallest absolute Gasteiger partial charge is 0.143 e. The minimum absolute atomic E-state index is 0.882. The largest absolute Gasteiger partial charge is 0.455 e. The summed E-state index contributed by atoms with van der Waals surface area (Å²) in [6, 6.07) is 77.0. The summed E-state index contributed by atoms with van der Waals surface area (Å²) >= 11 is 0. The molecule has 3 aromatic heterocycles. The Morgan fingerprint density at radius 2 is 0.607 bits per heavy atom. The molecular weight excluding hydrogens is 741 g/mol. The molecule has 0 atom stereocenters. The van der Waals surface area contributed by atoms with E-state index in [1.807, 2.05) is 54.9 Å². The maximum absolute atomic E-state index is 6.91. The van der Waals surface area contributed by atoms with E-state index in [4.69, 9.17) is 14.4 Å². The Morgan fingerprint density at radius 1 is 0.246 bits per heavy atom. The fourth-order valence-electron chi connectivity index (χ4n) is 8.41. The van der Waals surface area contributed by atoms with E-state index >= 15 is 0 Å². The molecule has 3 heteroatoms. The highest BCUT2D eigenvalue weighted by molar-refractivity contribution is 6.13. The van der Waals surface area contributed by atoms with Crippen molar-refractivity contribution in [2.45, 2.75) is 0 Å². The van der Waals surface area contributed by atoms with Gasteiger partial charge >= 0.3 is 0 Å². The van der Waals surface area contributed by atoms with Crippen LogP contribution in [-0.4, -0.2) is 9.97 Å². The third-order valence-electron chi connectivity index (χ3n) is 11.6. The average Bonchev–Trinajstić information content (AvgIpc) is 3.74. The summed E-state index contributed by atoms with van der Waals surface area (Å²) in [5, 5.41) is 2.21. The first-order chi connectivity index (χ1) is 30.2. The molecule has 0 bridgehead atoms. The highest BCUT2D eigenvalue weighted by Gasteiger charge is 2.17. The minimum Gasteiger partial charge on any atom is -0.455 e. The Morgan fingerprint density at radius 3 is 1.02 bits per heavy atom. The van der Waals surface area contributed by atoms with Crippen LogP contribution < -0.4 is 0 Å². The van der Waals surface area contributed by atoms with Gasteiger partial charge in [-0.2, -0.15) is 0 Å². The zero-order valence-electron chi connectivity index (χ0n) is 33.2. The van der Waals surface area contributed by atoms with E-state index in [2.05, 4.69) is 176 Å². The molecule has 0 amide bonds. The number of hydrogen-bond acceptors (Lipinski definition) is 3. The van der Waals surface area contributed by atoms with Gasteiger partial charge in [-0.1, -0.05) is 188 Å². The van der Waals surface area contributed by atoms with Crippen molar-refractivity contribution in [3.63, 3.8) is 0 Å². The van der Waals surface area contributed by atoms with Gasteiger partial charge in [-0.05, 0) is 74.8 Å². The first-order valence-corrected chi connectivity index (χ1v) is 20.6. The van der Waals surface area contributed by atoms with Crippen LogP contribution in [0.15, 0.2) is 235 Å². The lowest BCUT2D eigenvalue weighted by Crippen LogP contribution is -1.88. The number of aromatic nitrogens is 2. The van der Waals surface area contributed by atoms with Crippen LogP contribution in [-0.2, 0) is 0 Å². The van der Waals surface area contributed by atoms with E-state index in [0.717, 1.165) is 111 Å². The molecule has 0 fully saturated rings. The SMILES string of the molecule is c1ccc(-c2ccc(-c3ccc(-c4cc(-c5ccc(-c6ccc(-c7ccccc7)nc6)cc5)cc(-c5cccc6c5oc5c(-c7ccccc7)cccc56)c4)cc3)cn2)cc1. The zero-order chi connectivity index (χ0) is 40.5. The number of para-hydroxylation sites is 2. The summed E-state index contributed by atoms with van der Waals surface area (Å²) in [7, 11) is 0. The van der Waals surface area contributed by atoms with Crippen molar-refractivity contribution in [1.29, 1.82) is 0 Å². The maximum atomic E-state index is 6.91. The van der Waals surface area contributed by atoms with Gasteiger partial charge in [-0.3, -0.25) is 9.97 Å². The van der Waals surface area contributed by atoms with Crippen molar-refractivity contribution in [2.24, 2.45) is 0 Å². The van der Waals surface area contributed by atoms with Crippen LogP contribution in [0.25, 0.3) is 111 Å². The third kappa shape index (κ3) is 6.98. The molecule has 286 valence electrons. The highest BCUT2D eigenvalue weighted by Crippen LogP contribution is 2.42. The molecule has 0 unspecified atom stereocenters. The number of rotatable bonds is 8. The van der Waals surface area contributed by atoms with E-state index in [1.54, 1.807) is 0 Å². The topological polar surface area (TPSA) is 38.9 Å². The summed E-state index contributed by atoms with van der Waals surface area (Å²) in [6.07, 6.45) is 3.93. The summed E-state index contributed by atoms with van der Waals surface area (Å²) < 4.78 is 6.91. The summed E-state index contributed by atoms with van der Waals surface area (Å²) in [5.74, 6) is 0. The predicted molar refractivity (Wildman–Crippen MR) is 253 cm³/mol. The van der Waals surface area contributed by atoms with Gasteiger partial charge in [0.15, 0.2) is 0 Å². The van der Waals surface area contributed by atoms with Crippen molar-refractivity contribution in [2.75, 3.05) is 0 Å². The number of fused-ring (bicyclic) bond motifs is 3. The van der Waals surface area contributed by atoms with Crippen LogP contribution in [0, 0.1) is 0 Å². The average molecular weight is 779 g/mol.